The lowest BCUT2D eigenvalue weighted by Crippen LogP contribution is -2.01. The van der Waals surface area contributed by atoms with Crippen LogP contribution in [0.5, 0.6) is 0 Å². The minimum Gasteiger partial charge on any atom is -0.255 e. The molecule has 3 heteroatoms. The van der Waals surface area contributed by atoms with Crippen LogP contribution in [0.3, 0.4) is 0 Å². The molecule has 2 heterocycles. The fourth-order valence-electron chi connectivity index (χ4n) is 3.85. The summed E-state index contributed by atoms with van der Waals surface area (Å²) < 4.78 is 2.10. The Kier molecular flexibility index (Phi) is 3.76. The molecule has 28 heavy (non-hydrogen) atoms. The summed E-state index contributed by atoms with van der Waals surface area (Å²) in [4.78, 5) is 4.73. The highest BCUT2D eigenvalue weighted by Gasteiger charge is 2.18. The Balaban J connectivity index is 1.96. The smallest absolute Gasteiger partial charge is 0.102 e. The molecule has 0 atom stereocenters. The Morgan fingerprint density at radius 2 is 1.61 bits per heavy atom. The zero-order chi connectivity index (χ0) is 19.3. The van der Waals surface area contributed by atoms with E-state index in [-0.39, 0.29) is 0 Å². The summed E-state index contributed by atoms with van der Waals surface area (Å²) in [6.45, 7) is 6.43. The second-order valence-corrected chi connectivity index (χ2v) is 7.39. The SMILES string of the molecule is Cc1ccc2ncc3c(-c4ccccc4)nn(-c4cccc(C)c4C)c3c2c1. The van der Waals surface area contributed by atoms with Gasteiger partial charge >= 0.3 is 0 Å². The molecule has 0 aliphatic carbocycles. The lowest BCUT2D eigenvalue weighted by Gasteiger charge is -2.11. The molecule has 0 N–H and O–H groups in total. The molecule has 0 bridgehead atoms. The van der Waals surface area contributed by atoms with Crippen LogP contribution in [-0.4, -0.2) is 14.8 Å². The average Bonchev–Trinajstić information content (AvgIpc) is 3.10. The second kappa shape index (κ2) is 6.31. The molecule has 3 nitrogen and oxygen atoms in total. The first-order valence-electron chi connectivity index (χ1n) is 9.53. The minimum absolute atomic E-state index is 0.965. The number of nitrogens with zero attached hydrogens (tertiary/aromatic N) is 3. The highest BCUT2D eigenvalue weighted by Crippen LogP contribution is 2.34. The number of hydrogen-bond acceptors (Lipinski definition) is 2. The van der Waals surface area contributed by atoms with Crippen LogP contribution in [0.25, 0.3) is 38.8 Å². The lowest BCUT2D eigenvalue weighted by atomic mass is 10.1. The van der Waals surface area contributed by atoms with Gasteiger partial charge in [-0.2, -0.15) is 5.10 Å². The molecule has 0 aliphatic heterocycles. The molecule has 0 saturated heterocycles. The Bertz CT molecular complexity index is 1330. The summed E-state index contributed by atoms with van der Waals surface area (Å²) in [7, 11) is 0. The molecular weight excluding hydrogens is 342 g/mol. The van der Waals surface area contributed by atoms with Crippen molar-refractivity contribution in [1.82, 2.24) is 14.8 Å². The van der Waals surface area contributed by atoms with Crippen LogP contribution in [0, 0.1) is 20.8 Å². The Morgan fingerprint density at radius 1 is 0.786 bits per heavy atom. The van der Waals surface area contributed by atoms with E-state index in [2.05, 4.69) is 86.1 Å². The van der Waals surface area contributed by atoms with E-state index < -0.39 is 0 Å². The van der Waals surface area contributed by atoms with Crippen LogP contribution in [0.2, 0.25) is 0 Å². The first-order valence-corrected chi connectivity index (χ1v) is 9.53. The first-order chi connectivity index (χ1) is 13.6. The molecule has 5 rings (SSSR count). The van der Waals surface area contributed by atoms with E-state index in [1.54, 1.807) is 0 Å². The fourth-order valence-corrected chi connectivity index (χ4v) is 3.85. The van der Waals surface area contributed by atoms with E-state index in [9.17, 15) is 0 Å². The first kappa shape index (κ1) is 16.7. The minimum atomic E-state index is 0.965. The van der Waals surface area contributed by atoms with E-state index in [1.165, 1.54) is 16.7 Å². The number of aromatic nitrogens is 3. The molecule has 0 saturated carbocycles. The molecule has 2 aromatic heterocycles. The van der Waals surface area contributed by atoms with Crippen molar-refractivity contribution in [2.45, 2.75) is 20.8 Å². The quantitative estimate of drug-likeness (QED) is 0.376. The molecule has 0 fully saturated rings. The number of benzene rings is 3. The fraction of sp³-hybridized carbons (Fsp3) is 0.120. The number of fused-ring (bicyclic) bond motifs is 3. The zero-order valence-electron chi connectivity index (χ0n) is 16.3. The van der Waals surface area contributed by atoms with Gasteiger partial charge in [-0.1, -0.05) is 54.1 Å². The van der Waals surface area contributed by atoms with Gasteiger partial charge in [-0.05, 0) is 50.1 Å². The van der Waals surface area contributed by atoms with E-state index in [4.69, 9.17) is 10.1 Å². The van der Waals surface area contributed by atoms with Crippen molar-refractivity contribution in [3.8, 4) is 16.9 Å². The normalized spacial score (nSPS) is 11.4. The molecule has 0 radical (unpaired) electrons. The van der Waals surface area contributed by atoms with Crippen LogP contribution in [0.4, 0.5) is 0 Å². The van der Waals surface area contributed by atoms with Gasteiger partial charge in [0, 0.05) is 22.5 Å². The molecule has 3 aromatic carbocycles. The van der Waals surface area contributed by atoms with Gasteiger partial charge in [-0.15, -0.1) is 0 Å². The number of rotatable bonds is 2. The van der Waals surface area contributed by atoms with Gasteiger partial charge in [0.15, 0.2) is 0 Å². The van der Waals surface area contributed by atoms with Gasteiger partial charge in [0.25, 0.3) is 0 Å². The number of aryl methyl sites for hydroxylation is 2. The maximum atomic E-state index is 5.09. The third-order valence-electron chi connectivity index (χ3n) is 5.51. The van der Waals surface area contributed by atoms with Crippen LogP contribution >= 0.6 is 0 Å². The highest BCUT2D eigenvalue weighted by atomic mass is 15.3. The van der Waals surface area contributed by atoms with Gasteiger partial charge < -0.3 is 0 Å². The summed E-state index contributed by atoms with van der Waals surface area (Å²) in [6, 6.07) is 23.1. The third kappa shape index (κ3) is 2.51. The van der Waals surface area contributed by atoms with Gasteiger partial charge in [-0.25, -0.2) is 4.68 Å². The van der Waals surface area contributed by atoms with Crippen LogP contribution < -0.4 is 0 Å². The molecule has 5 aromatic rings. The van der Waals surface area contributed by atoms with Crippen LogP contribution in [-0.2, 0) is 0 Å². The van der Waals surface area contributed by atoms with Gasteiger partial charge in [0.05, 0.1) is 16.7 Å². The highest BCUT2D eigenvalue weighted by molar-refractivity contribution is 6.09. The summed E-state index contributed by atoms with van der Waals surface area (Å²) in [5.74, 6) is 0. The van der Waals surface area contributed by atoms with E-state index in [0.29, 0.717) is 0 Å². The monoisotopic (exact) mass is 363 g/mol. The average molecular weight is 363 g/mol. The van der Waals surface area contributed by atoms with Gasteiger partial charge in [-0.3, -0.25) is 4.98 Å². The van der Waals surface area contributed by atoms with Crippen molar-refractivity contribution in [1.29, 1.82) is 0 Å². The third-order valence-corrected chi connectivity index (χ3v) is 5.51. The summed E-state index contributed by atoms with van der Waals surface area (Å²) in [6.07, 6.45) is 1.96. The predicted octanol–water partition coefficient (Wildman–Crippen LogP) is 6.17. The second-order valence-electron chi connectivity index (χ2n) is 7.39. The molecule has 0 unspecified atom stereocenters. The largest absolute Gasteiger partial charge is 0.255 e. The van der Waals surface area contributed by atoms with Gasteiger partial charge in [0.2, 0.25) is 0 Å². The molecule has 136 valence electrons. The number of pyridine rings is 1. The van der Waals surface area contributed by atoms with E-state index in [0.717, 1.165) is 38.8 Å². The molecule has 0 aliphatic rings. The van der Waals surface area contributed by atoms with Gasteiger partial charge in [0.1, 0.15) is 5.69 Å². The van der Waals surface area contributed by atoms with Crippen molar-refractivity contribution >= 4 is 21.8 Å². The maximum Gasteiger partial charge on any atom is 0.102 e. The molecule has 0 amide bonds. The van der Waals surface area contributed by atoms with E-state index in [1.807, 2.05) is 12.3 Å². The van der Waals surface area contributed by atoms with Crippen molar-refractivity contribution < 1.29 is 0 Å². The molecule has 0 spiro atoms. The Labute approximate surface area is 164 Å². The Hall–Kier alpha value is -3.46. The summed E-state index contributed by atoms with van der Waals surface area (Å²) in [5.41, 5.74) is 9.00. The van der Waals surface area contributed by atoms with E-state index >= 15 is 0 Å². The summed E-state index contributed by atoms with van der Waals surface area (Å²) >= 11 is 0. The van der Waals surface area contributed by atoms with Crippen molar-refractivity contribution in [3.63, 3.8) is 0 Å². The van der Waals surface area contributed by atoms with Crippen molar-refractivity contribution in [3.05, 3.63) is 89.6 Å². The van der Waals surface area contributed by atoms with Crippen LogP contribution in [0.1, 0.15) is 16.7 Å². The number of hydrogen-bond donors (Lipinski definition) is 0. The summed E-state index contributed by atoms with van der Waals surface area (Å²) in [5, 5.41) is 7.29. The molecular formula is C25H21N3. The standard InChI is InChI=1S/C25H21N3/c1-16-12-13-22-20(14-16)25-21(15-26-22)24(19-9-5-4-6-10-19)27-28(25)23-11-7-8-17(2)18(23)3/h4-15H,1-3H3. The van der Waals surface area contributed by atoms with Crippen molar-refractivity contribution in [2.24, 2.45) is 0 Å². The van der Waals surface area contributed by atoms with Crippen LogP contribution in [0.15, 0.2) is 72.9 Å². The maximum absolute atomic E-state index is 5.09. The topological polar surface area (TPSA) is 30.7 Å². The Morgan fingerprint density at radius 3 is 2.43 bits per heavy atom. The van der Waals surface area contributed by atoms with Crippen molar-refractivity contribution in [2.75, 3.05) is 0 Å². The zero-order valence-corrected chi connectivity index (χ0v) is 16.3. The predicted molar refractivity (Wildman–Crippen MR) is 116 cm³/mol. The lowest BCUT2D eigenvalue weighted by molar-refractivity contribution is 0.906.